The Morgan fingerprint density at radius 3 is 2.71 bits per heavy atom. The highest BCUT2D eigenvalue weighted by molar-refractivity contribution is 7.08. The van der Waals surface area contributed by atoms with E-state index in [0.717, 1.165) is 11.4 Å². The maximum absolute atomic E-state index is 12.6. The van der Waals surface area contributed by atoms with Crippen molar-refractivity contribution in [2.45, 2.75) is 20.3 Å². The van der Waals surface area contributed by atoms with E-state index in [2.05, 4.69) is 24.5 Å². The zero-order chi connectivity index (χ0) is 17.1. The first-order valence-electron chi connectivity index (χ1n) is 7.87. The molecule has 2 aromatic heterocycles. The summed E-state index contributed by atoms with van der Waals surface area (Å²) >= 11 is 1.17. The van der Waals surface area contributed by atoms with E-state index in [-0.39, 0.29) is 5.91 Å². The molecule has 128 valence electrons. The lowest BCUT2D eigenvalue weighted by atomic mass is 10.2. The number of aryl methyl sites for hydroxylation is 2. The van der Waals surface area contributed by atoms with Crippen molar-refractivity contribution in [2.75, 3.05) is 38.2 Å². The molecule has 1 aliphatic rings. The predicted octanol–water partition coefficient (Wildman–Crippen LogP) is 1.17. The minimum Gasteiger partial charge on any atom is -0.481 e. The van der Waals surface area contributed by atoms with E-state index in [4.69, 9.17) is 4.74 Å². The molecule has 1 amide bonds. The fraction of sp³-hybridized carbons (Fsp3) is 0.533. The van der Waals surface area contributed by atoms with Crippen molar-refractivity contribution in [3.63, 3.8) is 0 Å². The van der Waals surface area contributed by atoms with Crippen LogP contribution in [0.4, 0.5) is 5.95 Å². The van der Waals surface area contributed by atoms with Crippen molar-refractivity contribution in [2.24, 2.45) is 0 Å². The number of ether oxygens (including phenoxy) is 1. The molecule has 3 heterocycles. The maximum Gasteiger partial charge on any atom is 0.267 e. The van der Waals surface area contributed by atoms with Gasteiger partial charge in [-0.15, -0.1) is 5.10 Å². The Balaban J connectivity index is 1.68. The number of piperazine rings is 1. The van der Waals surface area contributed by atoms with E-state index >= 15 is 0 Å². The molecule has 0 saturated carbocycles. The van der Waals surface area contributed by atoms with E-state index in [9.17, 15) is 4.79 Å². The van der Waals surface area contributed by atoms with Crippen molar-refractivity contribution >= 4 is 23.4 Å². The molecule has 0 aliphatic carbocycles. The van der Waals surface area contributed by atoms with Gasteiger partial charge >= 0.3 is 0 Å². The number of hydrogen-bond acceptors (Lipinski definition) is 8. The van der Waals surface area contributed by atoms with Gasteiger partial charge < -0.3 is 14.5 Å². The van der Waals surface area contributed by atoms with Crippen LogP contribution in [0.5, 0.6) is 5.88 Å². The molecule has 1 aliphatic heterocycles. The van der Waals surface area contributed by atoms with Crippen LogP contribution in [0.15, 0.2) is 6.07 Å². The quantitative estimate of drug-likeness (QED) is 0.820. The van der Waals surface area contributed by atoms with Gasteiger partial charge in [-0.05, 0) is 24.9 Å². The highest BCUT2D eigenvalue weighted by Gasteiger charge is 2.26. The van der Waals surface area contributed by atoms with Crippen molar-refractivity contribution in [1.29, 1.82) is 0 Å². The van der Waals surface area contributed by atoms with Gasteiger partial charge in [-0.25, -0.2) is 4.98 Å². The van der Waals surface area contributed by atoms with Gasteiger partial charge in [0.15, 0.2) is 0 Å². The summed E-state index contributed by atoms with van der Waals surface area (Å²) in [7, 11) is 1.59. The third-order valence-electron chi connectivity index (χ3n) is 3.96. The van der Waals surface area contributed by atoms with Crippen LogP contribution in [0.1, 0.15) is 28.0 Å². The zero-order valence-electron chi connectivity index (χ0n) is 14.0. The molecule has 1 saturated heterocycles. The minimum atomic E-state index is 0.0178. The van der Waals surface area contributed by atoms with Crippen molar-refractivity contribution in [1.82, 2.24) is 24.5 Å². The van der Waals surface area contributed by atoms with Crippen LogP contribution >= 0.6 is 11.5 Å². The van der Waals surface area contributed by atoms with Crippen LogP contribution < -0.4 is 9.64 Å². The number of aromatic nitrogens is 4. The molecule has 0 unspecified atom stereocenters. The van der Waals surface area contributed by atoms with Crippen LogP contribution in [0.2, 0.25) is 0 Å². The van der Waals surface area contributed by atoms with Crippen LogP contribution in [0.3, 0.4) is 0 Å². The Bertz CT molecular complexity index is 727. The minimum absolute atomic E-state index is 0.0178. The smallest absolute Gasteiger partial charge is 0.267 e. The molecular weight excluding hydrogens is 328 g/mol. The molecule has 24 heavy (non-hydrogen) atoms. The van der Waals surface area contributed by atoms with Crippen LogP contribution in [-0.2, 0) is 6.42 Å². The van der Waals surface area contributed by atoms with Crippen molar-refractivity contribution in [3.8, 4) is 5.88 Å². The number of nitrogens with zero attached hydrogens (tertiary/aromatic N) is 6. The number of carbonyl (C=O) groups is 1. The second-order valence-corrected chi connectivity index (χ2v) is 6.29. The van der Waals surface area contributed by atoms with Gasteiger partial charge in [0.25, 0.3) is 5.91 Å². The fourth-order valence-electron chi connectivity index (χ4n) is 2.63. The summed E-state index contributed by atoms with van der Waals surface area (Å²) in [5.41, 5.74) is 1.64. The van der Waals surface area contributed by atoms with Gasteiger partial charge in [-0.3, -0.25) is 4.79 Å². The molecular formula is C15H20N6O2S. The summed E-state index contributed by atoms with van der Waals surface area (Å²) in [5, 5.41) is 4.02. The topological polar surface area (TPSA) is 84.3 Å². The number of anilines is 1. The predicted molar refractivity (Wildman–Crippen MR) is 90.7 cm³/mol. The molecule has 0 N–H and O–H groups in total. The third kappa shape index (κ3) is 3.30. The monoisotopic (exact) mass is 348 g/mol. The summed E-state index contributed by atoms with van der Waals surface area (Å²) in [4.78, 5) is 26.1. The van der Waals surface area contributed by atoms with Gasteiger partial charge in [-0.2, -0.15) is 4.98 Å². The number of methoxy groups -OCH3 is 1. The largest absolute Gasteiger partial charge is 0.481 e. The average molecular weight is 348 g/mol. The summed E-state index contributed by atoms with van der Waals surface area (Å²) in [6, 6.07) is 1.80. The van der Waals surface area contributed by atoms with Crippen LogP contribution in [0.25, 0.3) is 0 Å². The summed E-state index contributed by atoms with van der Waals surface area (Å²) in [5.74, 6) is 1.22. The van der Waals surface area contributed by atoms with Gasteiger partial charge in [-0.1, -0.05) is 11.4 Å². The van der Waals surface area contributed by atoms with E-state index in [0.29, 0.717) is 49.3 Å². The Kier molecular flexibility index (Phi) is 4.89. The molecule has 2 aromatic rings. The van der Waals surface area contributed by atoms with Crippen LogP contribution in [0, 0.1) is 6.92 Å². The molecule has 0 bridgehead atoms. The molecule has 0 spiro atoms. The molecule has 0 atom stereocenters. The SMILES string of the molecule is CCc1nnsc1C(=O)N1CCN(c2nc(C)cc(OC)n2)CC1. The Morgan fingerprint density at radius 1 is 1.29 bits per heavy atom. The van der Waals surface area contributed by atoms with Gasteiger partial charge in [0.2, 0.25) is 11.8 Å². The van der Waals surface area contributed by atoms with Gasteiger partial charge in [0.05, 0.1) is 12.8 Å². The zero-order valence-corrected chi connectivity index (χ0v) is 14.8. The van der Waals surface area contributed by atoms with E-state index < -0.39 is 0 Å². The molecule has 8 nitrogen and oxygen atoms in total. The molecule has 1 fully saturated rings. The van der Waals surface area contributed by atoms with Crippen LogP contribution in [-0.4, -0.2) is 63.7 Å². The van der Waals surface area contributed by atoms with Crippen molar-refractivity contribution in [3.05, 3.63) is 22.3 Å². The molecule has 9 heteroatoms. The molecule has 0 radical (unpaired) electrons. The van der Waals surface area contributed by atoms with Gasteiger partial charge in [0.1, 0.15) is 4.88 Å². The highest BCUT2D eigenvalue weighted by Crippen LogP contribution is 2.19. The normalized spacial score (nSPS) is 14.8. The average Bonchev–Trinajstić information content (AvgIpc) is 3.09. The fourth-order valence-corrected chi connectivity index (χ4v) is 3.34. The Morgan fingerprint density at radius 2 is 2.04 bits per heavy atom. The lowest BCUT2D eigenvalue weighted by Gasteiger charge is -2.34. The van der Waals surface area contributed by atoms with E-state index in [1.807, 2.05) is 18.7 Å². The summed E-state index contributed by atoms with van der Waals surface area (Å²) in [6.07, 6.45) is 0.717. The van der Waals surface area contributed by atoms with Crippen molar-refractivity contribution < 1.29 is 9.53 Å². The first-order valence-corrected chi connectivity index (χ1v) is 8.64. The summed E-state index contributed by atoms with van der Waals surface area (Å²) < 4.78 is 9.11. The lowest BCUT2D eigenvalue weighted by Crippen LogP contribution is -2.49. The maximum atomic E-state index is 12.6. The number of hydrogen-bond donors (Lipinski definition) is 0. The standard InChI is InChI=1S/C15H20N6O2S/c1-4-11-13(24-19-18-11)14(22)20-5-7-21(8-6-20)15-16-10(2)9-12(17-15)23-3/h9H,4-8H2,1-3H3. The van der Waals surface area contributed by atoms with E-state index in [1.165, 1.54) is 11.5 Å². The molecule has 0 aromatic carbocycles. The lowest BCUT2D eigenvalue weighted by molar-refractivity contribution is 0.0749. The van der Waals surface area contributed by atoms with E-state index in [1.54, 1.807) is 13.2 Å². The first-order chi connectivity index (χ1) is 11.6. The molecule has 3 rings (SSSR count). The summed E-state index contributed by atoms with van der Waals surface area (Å²) in [6.45, 7) is 6.52. The third-order valence-corrected chi connectivity index (χ3v) is 4.72. The second kappa shape index (κ2) is 7.08. The Hall–Kier alpha value is -2.29. The highest BCUT2D eigenvalue weighted by atomic mass is 32.1. The number of rotatable bonds is 4. The first kappa shape index (κ1) is 16.6. The van der Waals surface area contributed by atoms with Gasteiger partial charge in [0, 0.05) is 37.9 Å². The number of carbonyl (C=O) groups excluding carboxylic acids is 1. The second-order valence-electron chi connectivity index (χ2n) is 5.53. The Labute approximate surface area is 144 Å². The number of amides is 1.